The molecule has 0 aromatic heterocycles. The molecule has 0 aliphatic heterocycles. The Hall–Kier alpha value is 1.70. The molecular formula is H3O9P3Ru2. The molecule has 14 heavy (non-hydrogen) atoms. The van der Waals surface area contributed by atoms with E-state index >= 15 is 0 Å². The van der Waals surface area contributed by atoms with Crippen LogP contribution in [0.15, 0.2) is 0 Å². The van der Waals surface area contributed by atoms with E-state index in [4.69, 9.17) is 43.1 Å². The third-order valence-corrected chi connectivity index (χ3v) is 0. The third-order valence-electron chi connectivity index (χ3n) is 0. The predicted molar refractivity (Wildman–Crippen MR) is 27.0 cm³/mol. The Kier molecular flexibility index (Phi) is 51.0. The van der Waals surface area contributed by atoms with E-state index in [0.29, 0.717) is 0 Å². The molecule has 0 saturated heterocycles. The van der Waals surface area contributed by atoms with Crippen molar-refractivity contribution in [2.45, 2.75) is 0 Å². The summed E-state index contributed by atoms with van der Waals surface area (Å²) in [4.78, 5) is 51.1. The zero-order valence-electron chi connectivity index (χ0n) is 5.88. The minimum Gasteiger partial charge on any atom is -0.813 e. The molecule has 0 N–H and O–H groups in total. The van der Waals surface area contributed by atoms with E-state index in [0.717, 1.165) is 0 Å². The Morgan fingerprint density at radius 1 is 0.500 bits per heavy atom. The molecule has 0 aromatic carbocycles. The standard InChI is InChI=1S/3H3O3P.2Ru/c3*1-4(2)3;;/h3*4H,(H2,1,2,3);;/q;;;2*+3/p-6. The van der Waals surface area contributed by atoms with Crippen molar-refractivity contribution in [3.63, 3.8) is 0 Å². The van der Waals surface area contributed by atoms with Gasteiger partial charge >= 0.3 is 39.0 Å². The molecule has 0 bridgehead atoms. The third kappa shape index (κ3) is 767. The molecule has 0 saturated carbocycles. The molecule has 88 valence electrons. The Labute approximate surface area is 107 Å². The van der Waals surface area contributed by atoms with Crippen LogP contribution in [0.4, 0.5) is 0 Å². The van der Waals surface area contributed by atoms with Crippen molar-refractivity contribution in [3.8, 4) is 0 Å². The maximum absolute atomic E-state index is 8.52. The van der Waals surface area contributed by atoms with Gasteiger partial charge in [-0.1, -0.05) is 24.8 Å². The smallest absolute Gasteiger partial charge is 0.813 e. The van der Waals surface area contributed by atoms with E-state index in [-0.39, 0.29) is 39.0 Å². The fourth-order valence-corrected chi connectivity index (χ4v) is 0. The molecule has 0 aliphatic rings. The average Bonchev–Trinajstić information content (AvgIpc) is 1.54. The zero-order chi connectivity index (χ0) is 10.7. The molecule has 0 heterocycles. The van der Waals surface area contributed by atoms with Gasteiger partial charge in [-0.3, -0.25) is 0 Å². The summed E-state index contributed by atoms with van der Waals surface area (Å²) in [7, 11) is -10.9. The van der Waals surface area contributed by atoms with Crippen LogP contribution in [0.25, 0.3) is 0 Å². The Balaban J connectivity index is -0.0000000270. The first-order valence-corrected chi connectivity index (χ1v) is 5.51. The fourth-order valence-electron chi connectivity index (χ4n) is 0. The SMILES string of the molecule is O=[PH]([O-])[O-].O=[PH]([O-])[O-].O=[PH]([O-])[O-].[Ru+3].[Ru+3]. The van der Waals surface area contributed by atoms with Gasteiger partial charge in [-0.25, -0.2) is 0 Å². The maximum atomic E-state index is 8.52. The molecule has 0 aliphatic carbocycles. The minimum absolute atomic E-state index is 0. The summed E-state index contributed by atoms with van der Waals surface area (Å²) in [5.74, 6) is 0. The average molecular weight is 442 g/mol. The molecule has 2 radical (unpaired) electrons. The van der Waals surface area contributed by atoms with E-state index in [9.17, 15) is 0 Å². The number of rotatable bonds is 0. The van der Waals surface area contributed by atoms with Gasteiger partial charge < -0.3 is 43.1 Å². The van der Waals surface area contributed by atoms with Crippen molar-refractivity contribution in [1.29, 1.82) is 0 Å². The van der Waals surface area contributed by atoms with Gasteiger partial charge in [0, 0.05) is 0 Å². The molecule has 0 amide bonds. The van der Waals surface area contributed by atoms with Gasteiger partial charge in [-0.15, -0.1) is 0 Å². The predicted octanol–water partition coefficient (Wildman–Crippen LogP) is -5.71. The first-order chi connectivity index (χ1) is 5.20. The van der Waals surface area contributed by atoms with Gasteiger partial charge in [0.15, 0.2) is 0 Å². The zero-order valence-corrected chi connectivity index (χ0v) is 12.4. The molecule has 0 aromatic rings. The van der Waals surface area contributed by atoms with Crippen molar-refractivity contribution in [2.24, 2.45) is 0 Å². The van der Waals surface area contributed by atoms with Crippen LogP contribution in [0.5, 0.6) is 0 Å². The summed E-state index contributed by atoms with van der Waals surface area (Å²) in [6, 6.07) is 0. The second kappa shape index (κ2) is 24.1. The largest absolute Gasteiger partial charge is 3.00 e. The quantitative estimate of drug-likeness (QED) is 0.260. The van der Waals surface area contributed by atoms with E-state index in [1.807, 2.05) is 0 Å². The van der Waals surface area contributed by atoms with E-state index in [1.54, 1.807) is 0 Å². The van der Waals surface area contributed by atoms with Crippen LogP contribution >= 0.6 is 24.8 Å². The van der Waals surface area contributed by atoms with Crippen LogP contribution in [0.3, 0.4) is 0 Å². The molecule has 9 nitrogen and oxygen atoms in total. The summed E-state index contributed by atoms with van der Waals surface area (Å²) < 4.78 is 25.6. The Morgan fingerprint density at radius 3 is 0.500 bits per heavy atom. The van der Waals surface area contributed by atoms with Gasteiger partial charge in [0.1, 0.15) is 0 Å². The van der Waals surface area contributed by atoms with Crippen LogP contribution in [-0.2, 0) is 52.7 Å². The molecule has 0 unspecified atom stereocenters. The fraction of sp³-hybridized carbons (Fsp3) is 0. The maximum Gasteiger partial charge on any atom is 3.00 e. The van der Waals surface area contributed by atoms with Crippen molar-refractivity contribution < 1.29 is 82.0 Å². The van der Waals surface area contributed by atoms with Crippen LogP contribution in [0, 0.1) is 0 Å². The Bertz CT molecular complexity index is 116. The number of hydrogen-bond donors (Lipinski definition) is 0. The molecular weight excluding hydrogens is 439 g/mol. The summed E-state index contributed by atoms with van der Waals surface area (Å²) >= 11 is 0. The van der Waals surface area contributed by atoms with Gasteiger partial charge in [-0.2, -0.15) is 0 Å². The molecule has 0 atom stereocenters. The van der Waals surface area contributed by atoms with Crippen LogP contribution in [0.2, 0.25) is 0 Å². The Morgan fingerprint density at radius 2 is 0.500 bits per heavy atom. The first kappa shape index (κ1) is 29.6. The van der Waals surface area contributed by atoms with Crippen LogP contribution in [-0.4, -0.2) is 0 Å². The van der Waals surface area contributed by atoms with Crippen molar-refractivity contribution >= 4 is 24.8 Å². The second-order valence-corrected chi connectivity index (χ2v) is 2.25. The van der Waals surface area contributed by atoms with Crippen LogP contribution in [0.1, 0.15) is 0 Å². The van der Waals surface area contributed by atoms with Crippen molar-refractivity contribution in [3.05, 3.63) is 0 Å². The molecule has 14 heteroatoms. The molecule has 0 spiro atoms. The summed E-state index contributed by atoms with van der Waals surface area (Å²) in [5, 5.41) is 0. The van der Waals surface area contributed by atoms with E-state index in [1.165, 1.54) is 0 Å². The first-order valence-electron chi connectivity index (χ1n) is 1.84. The second-order valence-electron chi connectivity index (χ2n) is 0.750. The van der Waals surface area contributed by atoms with Gasteiger partial charge in [0.05, 0.1) is 0 Å². The summed E-state index contributed by atoms with van der Waals surface area (Å²) in [6.45, 7) is 0. The normalized spacial score (nSPS) is 7.50. The van der Waals surface area contributed by atoms with Crippen molar-refractivity contribution in [1.82, 2.24) is 0 Å². The van der Waals surface area contributed by atoms with Gasteiger partial charge in [0.25, 0.3) is 0 Å². The van der Waals surface area contributed by atoms with Gasteiger partial charge in [-0.05, 0) is 0 Å². The topological polar surface area (TPSA) is 190 Å². The molecule has 0 rings (SSSR count). The number of hydrogen-bond acceptors (Lipinski definition) is 9. The summed E-state index contributed by atoms with van der Waals surface area (Å²) in [6.07, 6.45) is 0. The molecule has 0 fully saturated rings. The van der Waals surface area contributed by atoms with Crippen LogP contribution < -0.4 is 29.4 Å². The van der Waals surface area contributed by atoms with E-state index in [2.05, 4.69) is 0 Å². The summed E-state index contributed by atoms with van der Waals surface area (Å²) in [5.41, 5.74) is 0. The minimum atomic E-state index is -3.63. The van der Waals surface area contributed by atoms with E-state index < -0.39 is 24.8 Å². The van der Waals surface area contributed by atoms with Crippen molar-refractivity contribution in [2.75, 3.05) is 0 Å². The van der Waals surface area contributed by atoms with Gasteiger partial charge in [0.2, 0.25) is 0 Å². The monoisotopic (exact) mass is 444 g/mol.